The van der Waals surface area contributed by atoms with Crippen LogP contribution >= 0.6 is 0 Å². The Morgan fingerprint density at radius 1 is 0.947 bits per heavy atom. The van der Waals surface area contributed by atoms with Crippen molar-refractivity contribution in [2.45, 2.75) is 57.4 Å². The number of halogens is 5. The highest BCUT2D eigenvalue weighted by atomic mass is 28.3. The largest absolute Gasteiger partial charge is 0.461 e. The molecule has 0 saturated heterocycles. The summed E-state index contributed by atoms with van der Waals surface area (Å²) in [6, 6.07) is 0. The van der Waals surface area contributed by atoms with Crippen molar-refractivity contribution < 1.29 is 31.5 Å². The summed E-state index contributed by atoms with van der Waals surface area (Å²) in [6.07, 6.45) is -7.33. The van der Waals surface area contributed by atoms with Gasteiger partial charge in [-0.15, -0.1) is 0 Å². The summed E-state index contributed by atoms with van der Waals surface area (Å²) >= 11 is 0. The molecule has 0 aromatic heterocycles. The molecule has 2 nitrogen and oxygen atoms in total. The first-order valence-corrected chi connectivity index (χ1v) is 8.56. The number of hydrogen-bond acceptors (Lipinski definition) is 2. The Labute approximate surface area is 109 Å². The lowest BCUT2D eigenvalue weighted by Gasteiger charge is -2.35. The van der Waals surface area contributed by atoms with Gasteiger partial charge in [-0.2, -0.15) is 22.0 Å². The molecule has 0 fully saturated rings. The van der Waals surface area contributed by atoms with E-state index in [-0.39, 0.29) is 0 Å². The van der Waals surface area contributed by atoms with Crippen LogP contribution in [0.5, 0.6) is 0 Å². The van der Waals surface area contributed by atoms with Gasteiger partial charge >= 0.3 is 12.1 Å². The van der Waals surface area contributed by atoms with Crippen molar-refractivity contribution in [3.05, 3.63) is 0 Å². The summed E-state index contributed by atoms with van der Waals surface area (Å²) in [5, 5.41) is -1.33. The van der Waals surface area contributed by atoms with Crippen LogP contribution in [0.4, 0.5) is 22.0 Å². The minimum atomic E-state index is -5.96. The minimum Gasteiger partial charge on any atom is -0.305 e. The molecule has 0 aromatic rings. The van der Waals surface area contributed by atoms with Crippen LogP contribution in [0.15, 0.2) is 0 Å². The van der Waals surface area contributed by atoms with Gasteiger partial charge in [0.05, 0.1) is 6.42 Å². The van der Waals surface area contributed by atoms with Crippen LogP contribution in [-0.4, -0.2) is 31.4 Å². The van der Waals surface area contributed by atoms with Gasteiger partial charge in [0.1, 0.15) is 13.5 Å². The zero-order valence-electron chi connectivity index (χ0n) is 11.4. The highest BCUT2D eigenvalue weighted by molar-refractivity contribution is 7.06. The summed E-state index contributed by atoms with van der Waals surface area (Å²) in [5.41, 5.74) is 0. The molecule has 0 aliphatic heterocycles. The second-order valence-electron chi connectivity index (χ2n) is 5.97. The first kappa shape index (κ1) is 18.2. The molecular weight excluding hydrogens is 287 g/mol. The maximum atomic E-state index is 12.8. The molecule has 0 aliphatic carbocycles. The van der Waals surface area contributed by atoms with Gasteiger partial charge in [-0.3, -0.25) is 4.79 Å². The van der Waals surface area contributed by atoms with E-state index in [1.54, 1.807) is 33.9 Å². The Balaban J connectivity index is 5.11. The second kappa shape index (κ2) is 4.95. The third kappa shape index (κ3) is 3.61. The topological polar surface area (TPSA) is 34.1 Å². The van der Waals surface area contributed by atoms with E-state index in [4.69, 9.17) is 0 Å². The fourth-order valence-corrected chi connectivity index (χ4v) is 2.49. The number of ketones is 1. The number of carbonyl (C=O) groups is 2. The lowest BCUT2D eigenvalue weighted by molar-refractivity contribution is -0.268. The van der Waals surface area contributed by atoms with Crippen LogP contribution in [-0.2, 0) is 9.59 Å². The van der Waals surface area contributed by atoms with Gasteiger partial charge in [0.25, 0.3) is 0 Å². The van der Waals surface area contributed by atoms with Crippen molar-refractivity contribution in [1.82, 2.24) is 0 Å². The first-order chi connectivity index (χ1) is 8.05. The third-order valence-corrected chi connectivity index (χ3v) is 8.92. The molecule has 0 aromatic carbocycles. The normalized spacial score (nSPS) is 14.4. The fraction of sp³-hybridized carbons (Fsp3) is 0.818. The van der Waals surface area contributed by atoms with Crippen molar-refractivity contribution in [2.75, 3.05) is 0 Å². The molecule has 0 amide bonds. The molecule has 0 rings (SSSR count). The molecule has 0 N–H and O–H groups in total. The van der Waals surface area contributed by atoms with E-state index < -0.39 is 42.8 Å². The van der Waals surface area contributed by atoms with Crippen LogP contribution in [0.2, 0.25) is 18.1 Å². The highest BCUT2D eigenvalue weighted by Gasteiger charge is 2.63. The molecule has 0 spiro atoms. The molecule has 0 saturated carbocycles. The monoisotopic (exact) mass is 304 g/mol. The molecule has 0 unspecified atom stereocenters. The molecule has 0 bridgehead atoms. The van der Waals surface area contributed by atoms with Gasteiger partial charge in [0.15, 0.2) is 0 Å². The van der Waals surface area contributed by atoms with E-state index in [1.807, 2.05) is 0 Å². The van der Waals surface area contributed by atoms with Crippen LogP contribution in [0.1, 0.15) is 27.2 Å². The number of carbonyl (C=O) groups excluding carboxylic acids is 2. The lowest BCUT2D eigenvalue weighted by Crippen LogP contribution is -2.50. The van der Waals surface area contributed by atoms with Crippen molar-refractivity contribution in [3.8, 4) is 0 Å². The van der Waals surface area contributed by atoms with Crippen LogP contribution in [0.25, 0.3) is 0 Å². The third-order valence-electron chi connectivity index (χ3n) is 3.60. The molecule has 8 heteroatoms. The molecule has 0 atom stereocenters. The van der Waals surface area contributed by atoms with Gasteiger partial charge in [-0.05, 0) is 5.04 Å². The molecule has 19 heavy (non-hydrogen) atoms. The molecule has 112 valence electrons. The quantitative estimate of drug-likeness (QED) is 0.450. The van der Waals surface area contributed by atoms with Crippen LogP contribution in [0, 0.1) is 0 Å². The van der Waals surface area contributed by atoms with E-state index in [2.05, 4.69) is 0 Å². The van der Waals surface area contributed by atoms with Crippen LogP contribution in [0.3, 0.4) is 0 Å². The zero-order valence-corrected chi connectivity index (χ0v) is 12.4. The van der Waals surface area contributed by atoms with E-state index in [1.165, 1.54) is 0 Å². The van der Waals surface area contributed by atoms with E-state index in [0.717, 1.165) is 0 Å². The molecule has 0 aliphatic rings. The Morgan fingerprint density at radius 2 is 1.32 bits per heavy atom. The smallest absolute Gasteiger partial charge is 0.305 e. The van der Waals surface area contributed by atoms with Crippen molar-refractivity contribution >= 4 is 19.3 Å². The highest BCUT2D eigenvalue weighted by Crippen LogP contribution is 2.40. The number of Topliss-reactive ketones (excluding diaryl/α,β-unsaturated/α-hetero) is 1. The Morgan fingerprint density at radius 3 is 1.58 bits per heavy atom. The maximum Gasteiger partial charge on any atom is 0.461 e. The molecular formula is C11H17F5O2Si. The van der Waals surface area contributed by atoms with Gasteiger partial charge in [-0.1, -0.05) is 33.9 Å². The van der Waals surface area contributed by atoms with E-state index in [0.29, 0.717) is 0 Å². The Bertz CT molecular complexity index is 344. The summed E-state index contributed by atoms with van der Waals surface area (Å²) in [7, 11) is -2.77. The predicted molar refractivity (Wildman–Crippen MR) is 62.8 cm³/mol. The summed E-state index contributed by atoms with van der Waals surface area (Å²) in [4.78, 5) is 22.9. The molecule has 0 radical (unpaired) electrons. The SMILES string of the molecule is CC(C)(C)[Si](C)(C)C(=O)CC(=O)C(F)(F)C(F)(F)F. The summed E-state index contributed by atoms with van der Waals surface area (Å²) < 4.78 is 61.5. The fourth-order valence-electron chi connectivity index (χ4n) is 1.05. The zero-order chi connectivity index (χ0) is 15.9. The second-order valence-corrected chi connectivity index (χ2v) is 11.3. The van der Waals surface area contributed by atoms with Gasteiger partial charge < -0.3 is 4.79 Å². The summed E-state index contributed by atoms with van der Waals surface area (Å²) in [5.74, 6) is -7.85. The Kier molecular flexibility index (Phi) is 4.75. The maximum absolute atomic E-state index is 12.8. The molecule has 0 heterocycles. The van der Waals surface area contributed by atoms with Gasteiger partial charge in [0.2, 0.25) is 5.78 Å². The predicted octanol–water partition coefficient (Wildman–Crippen LogP) is 3.76. The lowest BCUT2D eigenvalue weighted by atomic mass is 10.1. The van der Waals surface area contributed by atoms with Gasteiger partial charge in [-0.25, -0.2) is 0 Å². The van der Waals surface area contributed by atoms with Gasteiger partial charge in [0, 0.05) is 0 Å². The number of hydrogen-bond donors (Lipinski definition) is 0. The minimum absolute atomic E-state index is 0.530. The van der Waals surface area contributed by atoms with Crippen LogP contribution < -0.4 is 0 Å². The van der Waals surface area contributed by atoms with Crippen molar-refractivity contribution in [3.63, 3.8) is 0 Å². The average molecular weight is 304 g/mol. The first-order valence-electron chi connectivity index (χ1n) is 5.56. The van der Waals surface area contributed by atoms with Crippen molar-refractivity contribution in [1.29, 1.82) is 0 Å². The summed E-state index contributed by atoms with van der Waals surface area (Å²) in [6.45, 7) is 8.19. The average Bonchev–Trinajstić information content (AvgIpc) is 2.13. The standard InChI is InChI=1S/C11H17F5O2Si/c1-9(2,3)19(4,5)8(18)6-7(17)10(12,13)11(14,15)16/h6H2,1-5H3. The number of alkyl halides is 5. The van der Waals surface area contributed by atoms with E-state index >= 15 is 0 Å². The number of rotatable bonds is 4. The van der Waals surface area contributed by atoms with E-state index in [9.17, 15) is 31.5 Å². The van der Waals surface area contributed by atoms with Crippen molar-refractivity contribution in [2.24, 2.45) is 0 Å². The Hall–Kier alpha value is -0.793.